The Balaban J connectivity index is 1.93. The van der Waals surface area contributed by atoms with Crippen molar-refractivity contribution in [2.45, 2.75) is 57.7 Å². The van der Waals surface area contributed by atoms with E-state index in [0.717, 1.165) is 0 Å². The zero-order chi connectivity index (χ0) is 9.97. The number of hydrogen-bond acceptors (Lipinski definition) is 2. The lowest BCUT2D eigenvalue weighted by Crippen LogP contribution is -2.38. The second-order valence-electron chi connectivity index (χ2n) is 5.08. The van der Waals surface area contributed by atoms with E-state index in [-0.39, 0.29) is 5.92 Å². The Kier molecular flexibility index (Phi) is 3.45. The summed E-state index contributed by atoms with van der Waals surface area (Å²) in [6.45, 7) is 0. The first-order valence-electron chi connectivity index (χ1n) is 6.15. The third-order valence-corrected chi connectivity index (χ3v) is 4.23. The van der Waals surface area contributed by atoms with E-state index in [1.165, 1.54) is 51.4 Å². The van der Waals surface area contributed by atoms with Crippen molar-refractivity contribution in [3.63, 3.8) is 0 Å². The van der Waals surface area contributed by atoms with Crippen molar-refractivity contribution in [2.75, 3.05) is 0 Å². The summed E-state index contributed by atoms with van der Waals surface area (Å²) in [4.78, 5) is 0. The predicted octanol–water partition coefficient (Wildman–Crippen LogP) is 2.29. The van der Waals surface area contributed by atoms with Crippen LogP contribution in [-0.2, 0) is 0 Å². The monoisotopic (exact) mass is 198 g/mol. The quantitative estimate of drug-likeness (QED) is 0.683. The average molecular weight is 198 g/mol. The lowest BCUT2D eigenvalue weighted by Gasteiger charge is -2.41. The molecule has 0 spiro atoms. The van der Waals surface area contributed by atoms with Crippen molar-refractivity contribution in [1.29, 1.82) is 0 Å². The second-order valence-corrected chi connectivity index (χ2v) is 5.08. The number of rotatable bonds is 3. The van der Waals surface area contributed by atoms with E-state index >= 15 is 0 Å². The molecule has 2 heteroatoms. The van der Waals surface area contributed by atoms with Gasteiger partial charge in [-0.25, -0.2) is 0 Å². The molecule has 2 saturated carbocycles. The molecule has 2 nitrogen and oxygen atoms in total. The molecule has 14 heavy (non-hydrogen) atoms. The van der Waals surface area contributed by atoms with Crippen LogP contribution in [0.2, 0.25) is 0 Å². The van der Waals surface area contributed by atoms with Crippen LogP contribution < -0.4 is 0 Å². The Morgan fingerprint density at radius 3 is 1.57 bits per heavy atom. The van der Waals surface area contributed by atoms with Crippen molar-refractivity contribution in [1.82, 2.24) is 0 Å². The van der Waals surface area contributed by atoms with Crippen LogP contribution in [0.1, 0.15) is 51.4 Å². The highest BCUT2D eigenvalue weighted by Crippen LogP contribution is 2.43. The lowest BCUT2D eigenvalue weighted by atomic mass is 9.66. The molecular formula is C12H22O2. The van der Waals surface area contributed by atoms with Crippen molar-refractivity contribution < 1.29 is 10.2 Å². The number of aliphatic hydroxyl groups is 2. The highest BCUT2D eigenvalue weighted by Gasteiger charge is 2.37. The highest BCUT2D eigenvalue weighted by atomic mass is 16.5. The molecule has 0 amide bonds. The maximum absolute atomic E-state index is 9.46. The molecule has 0 aromatic heterocycles. The molecule has 0 aromatic carbocycles. The minimum absolute atomic E-state index is 0.184. The average Bonchev–Trinajstić information content (AvgIpc) is 2.12. The van der Waals surface area contributed by atoms with Gasteiger partial charge in [0.15, 0.2) is 6.29 Å². The smallest absolute Gasteiger partial charge is 0.154 e. The van der Waals surface area contributed by atoms with Crippen LogP contribution in [0.15, 0.2) is 0 Å². The first kappa shape index (κ1) is 10.4. The Bertz CT molecular complexity index is 169. The van der Waals surface area contributed by atoms with Gasteiger partial charge in [-0.05, 0) is 37.5 Å². The van der Waals surface area contributed by atoms with Gasteiger partial charge < -0.3 is 10.2 Å². The minimum atomic E-state index is -1.07. The minimum Gasteiger partial charge on any atom is -0.368 e. The predicted molar refractivity (Wildman–Crippen MR) is 55.6 cm³/mol. The normalized spacial score (nSPS) is 27.6. The third-order valence-electron chi connectivity index (χ3n) is 4.23. The fourth-order valence-corrected chi connectivity index (χ4v) is 3.22. The van der Waals surface area contributed by atoms with Crippen LogP contribution in [0.3, 0.4) is 0 Å². The van der Waals surface area contributed by atoms with Crippen LogP contribution in [0.25, 0.3) is 0 Å². The Labute approximate surface area is 86.3 Å². The van der Waals surface area contributed by atoms with Gasteiger partial charge in [-0.15, -0.1) is 0 Å². The zero-order valence-corrected chi connectivity index (χ0v) is 8.86. The van der Waals surface area contributed by atoms with Gasteiger partial charge in [-0.1, -0.05) is 25.7 Å². The topological polar surface area (TPSA) is 40.5 Å². The van der Waals surface area contributed by atoms with E-state index in [0.29, 0.717) is 11.8 Å². The van der Waals surface area contributed by atoms with Crippen LogP contribution in [0, 0.1) is 17.8 Å². The molecule has 2 N–H and O–H groups in total. The molecular weight excluding hydrogens is 176 g/mol. The summed E-state index contributed by atoms with van der Waals surface area (Å²) in [6, 6.07) is 0. The van der Waals surface area contributed by atoms with Gasteiger partial charge in [-0.2, -0.15) is 0 Å². The van der Waals surface area contributed by atoms with Gasteiger partial charge in [0.2, 0.25) is 0 Å². The van der Waals surface area contributed by atoms with Gasteiger partial charge in [0.1, 0.15) is 0 Å². The summed E-state index contributed by atoms with van der Waals surface area (Å²) in [5.41, 5.74) is 0. The van der Waals surface area contributed by atoms with E-state index in [4.69, 9.17) is 0 Å². The molecule has 0 aromatic rings. The fourth-order valence-electron chi connectivity index (χ4n) is 3.22. The van der Waals surface area contributed by atoms with E-state index in [1.54, 1.807) is 0 Å². The molecule has 82 valence electrons. The van der Waals surface area contributed by atoms with Crippen LogP contribution in [0.5, 0.6) is 0 Å². The summed E-state index contributed by atoms with van der Waals surface area (Å²) in [6.07, 6.45) is 9.04. The van der Waals surface area contributed by atoms with Crippen LogP contribution in [-0.4, -0.2) is 16.5 Å². The SMILES string of the molecule is OC(O)C(C1CCCCC1)C1CCC1. The van der Waals surface area contributed by atoms with E-state index in [2.05, 4.69) is 0 Å². The van der Waals surface area contributed by atoms with Crippen molar-refractivity contribution >= 4 is 0 Å². The Morgan fingerprint density at radius 2 is 1.21 bits per heavy atom. The molecule has 0 bridgehead atoms. The Hall–Kier alpha value is -0.0800. The first-order valence-corrected chi connectivity index (χ1v) is 6.15. The van der Waals surface area contributed by atoms with Gasteiger partial charge in [0.25, 0.3) is 0 Å². The maximum Gasteiger partial charge on any atom is 0.154 e. The van der Waals surface area contributed by atoms with Crippen LogP contribution >= 0.6 is 0 Å². The van der Waals surface area contributed by atoms with Crippen molar-refractivity contribution in [2.24, 2.45) is 17.8 Å². The van der Waals surface area contributed by atoms with E-state index in [9.17, 15) is 10.2 Å². The third kappa shape index (κ3) is 2.12. The standard InChI is InChI=1S/C12H22O2/c13-12(14)11(10-7-4-8-10)9-5-2-1-3-6-9/h9-14H,1-8H2. The summed E-state index contributed by atoms with van der Waals surface area (Å²) >= 11 is 0. The van der Waals surface area contributed by atoms with Crippen LogP contribution in [0.4, 0.5) is 0 Å². The summed E-state index contributed by atoms with van der Waals surface area (Å²) in [7, 11) is 0. The highest BCUT2D eigenvalue weighted by molar-refractivity contribution is 4.85. The summed E-state index contributed by atoms with van der Waals surface area (Å²) in [5, 5.41) is 18.9. The molecule has 0 aliphatic heterocycles. The van der Waals surface area contributed by atoms with Crippen molar-refractivity contribution in [3.8, 4) is 0 Å². The largest absolute Gasteiger partial charge is 0.368 e. The molecule has 0 heterocycles. The molecule has 0 saturated heterocycles. The number of hydrogen-bond donors (Lipinski definition) is 2. The van der Waals surface area contributed by atoms with E-state index < -0.39 is 6.29 Å². The molecule has 2 aliphatic carbocycles. The van der Waals surface area contributed by atoms with Gasteiger partial charge in [-0.3, -0.25) is 0 Å². The number of aliphatic hydroxyl groups excluding tert-OH is 1. The van der Waals surface area contributed by atoms with Gasteiger partial charge in [0, 0.05) is 5.92 Å². The summed E-state index contributed by atoms with van der Waals surface area (Å²) in [5.74, 6) is 1.39. The summed E-state index contributed by atoms with van der Waals surface area (Å²) < 4.78 is 0. The second kappa shape index (κ2) is 4.63. The van der Waals surface area contributed by atoms with Gasteiger partial charge in [0.05, 0.1) is 0 Å². The van der Waals surface area contributed by atoms with Gasteiger partial charge >= 0.3 is 0 Å². The molecule has 0 radical (unpaired) electrons. The molecule has 1 atom stereocenters. The first-order chi connectivity index (χ1) is 6.79. The molecule has 2 rings (SSSR count). The van der Waals surface area contributed by atoms with Crippen molar-refractivity contribution in [3.05, 3.63) is 0 Å². The molecule has 2 aliphatic rings. The maximum atomic E-state index is 9.46. The molecule has 2 fully saturated rings. The van der Waals surface area contributed by atoms with E-state index in [1.807, 2.05) is 0 Å². The lowest BCUT2D eigenvalue weighted by molar-refractivity contribution is -0.133. The molecule has 1 unspecified atom stereocenters. The Morgan fingerprint density at radius 1 is 0.714 bits per heavy atom. The zero-order valence-electron chi connectivity index (χ0n) is 8.86. The fraction of sp³-hybridized carbons (Fsp3) is 1.00.